The second-order valence-corrected chi connectivity index (χ2v) is 4.70. The van der Waals surface area contributed by atoms with E-state index in [9.17, 15) is 4.79 Å². The first-order chi connectivity index (χ1) is 8.58. The van der Waals surface area contributed by atoms with Crippen LogP contribution in [-0.2, 0) is 11.2 Å². The van der Waals surface area contributed by atoms with Crippen LogP contribution in [0.3, 0.4) is 0 Å². The molecule has 1 aromatic heterocycles. The minimum Gasteiger partial charge on any atom is -0.338 e. The zero-order valence-corrected chi connectivity index (χ0v) is 10.9. The van der Waals surface area contributed by atoms with Crippen molar-refractivity contribution in [2.75, 3.05) is 0 Å². The maximum atomic E-state index is 11.6. The Kier molecular flexibility index (Phi) is 3.77. The molecule has 1 heterocycles. The molecule has 1 aromatic carbocycles. The van der Waals surface area contributed by atoms with Crippen molar-refractivity contribution < 1.29 is 9.32 Å². The molecule has 0 radical (unpaired) electrons. The minimum absolute atomic E-state index is 0.0411. The molecule has 18 heavy (non-hydrogen) atoms. The van der Waals surface area contributed by atoms with Crippen LogP contribution < -0.4 is 0 Å². The number of rotatable bonds is 4. The number of carbonyl (C=O) groups excluding carboxylic acids is 1. The van der Waals surface area contributed by atoms with Crippen molar-refractivity contribution in [3.63, 3.8) is 0 Å². The fourth-order valence-electron chi connectivity index (χ4n) is 1.43. The zero-order valence-electron chi connectivity index (χ0n) is 10.2. The van der Waals surface area contributed by atoms with Crippen molar-refractivity contribution in [1.29, 1.82) is 0 Å². The summed E-state index contributed by atoms with van der Waals surface area (Å²) in [6.45, 7) is 3.68. The number of Topliss-reactive ketones (excluding diaryl/α,β-unsaturated/α-hetero) is 1. The molecule has 2 rings (SSSR count). The topological polar surface area (TPSA) is 56.0 Å². The largest absolute Gasteiger partial charge is 0.338 e. The number of halogens is 1. The highest BCUT2D eigenvalue weighted by Crippen LogP contribution is 2.24. The van der Waals surface area contributed by atoms with Gasteiger partial charge in [0.15, 0.2) is 0 Å². The molecule has 0 aliphatic heterocycles. The van der Waals surface area contributed by atoms with Crippen LogP contribution in [0.5, 0.6) is 0 Å². The third kappa shape index (κ3) is 2.76. The summed E-state index contributed by atoms with van der Waals surface area (Å²) in [5.74, 6) is 0.765. The Morgan fingerprint density at radius 2 is 2.11 bits per heavy atom. The molecule has 0 saturated carbocycles. The number of benzene rings is 1. The summed E-state index contributed by atoms with van der Waals surface area (Å²) in [7, 11) is 0. The van der Waals surface area contributed by atoms with Crippen LogP contribution in [0.2, 0.25) is 5.02 Å². The third-order valence-electron chi connectivity index (χ3n) is 2.55. The smallest absolute Gasteiger partial charge is 0.234 e. The maximum Gasteiger partial charge on any atom is 0.234 e. The predicted octanol–water partition coefficient (Wildman–Crippen LogP) is 3.16. The summed E-state index contributed by atoms with van der Waals surface area (Å²) in [5.41, 5.74) is 0.700. The molecule has 0 bridgehead atoms. The Balaban J connectivity index is 2.21. The molecule has 2 aromatic rings. The van der Waals surface area contributed by atoms with Crippen LogP contribution >= 0.6 is 11.6 Å². The summed E-state index contributed by atoms with van der Waals surface area (Å²) >= 11 is 6.04. The van der Waals surface area contributed by atoms with Gasteiger partial charge in [0.1, 0.15) is 5.78 Å². The summed E-state index contributed by atoms with van der Waals surface area (Å²) in [6, 6.07) is 7.24. The van der Waals surface area contributed by atoms with Crippen LogP contribution in [-0.4, -0.2) is 15.9 Å². The van der Waals surface area contributed by atoms with E-state index in [0.717, 1.165) is 0 Å². The average molecular weight is 265 g/mol. The number of hydrogen-bond donors (Lipinski definition) is 0. The number of nitrogens with zero attached hydrogens (tertiary/aromatic N) is 2. The quantitative estimate of drug-likeness (QED) is 0.851. The van der Waals surface area contributed by atoms with E-state index >= 15 is 0 Å². The Morgan fingerprint density at radius 1 is 1.39 bits per heavy atom. The fraction of sp³-hybridized carbons (Fsp3) is 0.308. The fourth-order valence-corrected chi connectivity index (χ4v) is 1.65. The van der Waals surface area contributed by atoms with Crippen LogP contribution in [0.15, 0.2) is 28.8 Å². The molecular formula is C13H13ClN2O2. The standard InChI is InChI=1S/C13H13ClN2O2/c1-8(2)11(17)7-12-15-13(16-18-12)9-5-3-4-6-10(9)14/h3-6,8H,7H2,1-2H3. The molecule has 4 nitrogen and oxygen atoms in total. The van der Waals surface area contributed by atoms with Crippen LogP contribution in [0.25, 0.3) is 11.4 Å². The molecule has 94 valence electrons. The van der Waals surface area contributed by atoms with E-state index in [0.29, 0.717) is 22.3 Å². The molecule has 0 aliphatic carbocycles. The van der Waals surface area contributed by atoms with Gasteiger partial charge in [-0.25, -0.2) is 0 Å². The Bertz CT molecular complexity index is 564. The first-order valence-corrected chi connectivity index (χ1v) is 6.06. The average Bonchev–Trinajstić information content (AvgIpc) is 2.77. The molecule has 0 atom stereocenters. The Labute approximate surface area is 110 Å². The SMILES string of the molecule is CC(C)C(=O)Cc1nc(-c2ccccc2Cl)no1. The number of ketones is 1. The van der Waals surface area contributed by atoms with Crippen molar-refractivity contribution >= 4 is 17.4 Å². The van der Waals surface area contributed by atoms with Gasteiger partial charge >= 0.3 is 0 Å². The molecule has 0 saturated heterocycles. The van der Waals surface area contributed by atoms with E-state index in [1.807, 2.05) is 26.0 Å². The summed E-state index contributed by atoms with van der Waals surface area (Å²) in [6.07, 6.45) is 0.162. The molecule has 0 spiro atoms. The third-order valence-corrected chi connectivity index (χ3v) is 2.88. The zero-order chi connectivity index (χ0) is 13.1. The Morgan fingerprint density at radius 3 is 2.78 bits per heavy atom. The normalized spacial score (nSPS) is 10.9. The number of hydrogen-bond acceptors (Lipinski definition) is 4. The van der Waals surface area contributed by atoms with Crippen LogP contribution in [0.4, 0.5) is 0 Å². The van der Waals surface area contributed by atoms with Gasteiger partial charge in [0.25, 0.3) is 0 Å². The van der Waals surface area contributed by atoms with Crippen molar-refractivity contribution in [2.45, 2.75) is 20.3 Å². The molecule has 0 aliphatic rings. The summed E-state index contributed by atoms with van der Waals surface area (Å²) < 4.78 is 5.05. The first-order valence-electron chi connectivity index (χ1n) is 5.68. The number of carbonyl (C=O) groups is 1. The highest BCUT2D eigenvalue weighted by molar-refractivity contribution is 6.33. The monoisotopic (exact) mass is 264 g/mol. The lowest BCUT2D eigenvalue weighted by atomic mass is 10.1. The van der Waals surface area contributed by atoms with E-state index in [4.69, 9.17) is 16.1 Å². The van der Waals surface area contributed by atoms with Crippen molar-refractivity contribution in [2.24, 2.45) is 5.92 Å². The van der Waals surface area contributed by atoms with Gasteiger partial charge in [0, 0.05) is 11.5 Å². The summed E-state index contributed by atoms with van der Waals surface area (Å²) in [5, 5.41) is 4.39. The van der Waals surface area contributed by atoms with Gasteiger partial charge in [-0.1, -0.05) is 42.7 Å². The summed E-state index contributed by atoms with van der Waals surface area (Å²) in [4.78, 5) is 15.8. The highest BCUT2D eigenvalue weighted by atomic mass is 35.5. The van der Waals surface area contributed by atoms with Crippen LogP contribution in [0.1, 0.15) is 19.7 Å². The lowest BCUT2D eigenvalue weighted by Gasteiger charge is -1.98. The van der Waals surface area contributed by atoms with Crippen LogP contribution in [0, 0.1) is 5.92 Å². The van der Waals surface area contributed by atoms with Gasteiger partial charge in [0.05, 0.1) is 11.4 Å². The second-order valence-electron chi connectivity index (χ2n) is 4.29. The molecular weight excluding hydrogens is 252 g/mol. The van der Waals surface area contributed by atoms with Gasteiger partial charge in [-0.05, 0) is 12.1 Å². The lowest BCUT2D eigenvalue weighted by molar-refractivity contribution is -0.121. The Hall–Kier alpha value is -1.68. The van der Waals surface area contributed by atoms with E-state index in [1.165, 1.54) is 0 Å². The van der Waals surface area contributed by atoms with Gasteiger partial charge in [-0.15, -0.1) is 0 Å². The van der Waals surface area contributed by atoms with Crippen molar-refractivity contribution in [3.8, 4) is 11.4 Å². The lowest BCUT2D eigenvalue weighted by Crippen LogP contribution is -2.10. The van der Waals surface area contributed by atoms with Gasteiger partial charge in [-0.2, -0.15) is 4.98 Å². The van der Waals surface area contributed by atoms with Gasteiger partial charge in [0.2, 0.25) is 11.7 Å². The molecule has 5 heteroatoms. The van der Waals surface area contributed by atoms with E-state index < -0.39 is 0 Å². The predicted molar refractivity (Wildman–Crippen MR) is 68.3 cm³/mol. The molecule has 0 fully saturated rings. The molecule has 0 N–H and O–H groups in total. The molecule has 0 unspecified atom stereocenters. The maximum absolute atomic E-state index is 11.6. The van der Waals surface area contributed by atoms with Crippen molar-refractivity contribution in [1.82, 2.24) is 10.1 Å². The van der Waals surface area contributed by atoms with E-state index in [-0.39, 0.29) is 18.1 Å². The number of aromatic nitrogens is 2. The van der Waals surface area contributed by atoms with E-state index in [1.54, 1.807) is 12.1 Å². The van der Waals surface area contributed by atoms with E-state index in [2.05, 4.69) is 10.1 Å². The second kappa shape index (κ2) is 5.31. The highest BCUT2D eigenvalue weighted by Gasteiger charge is 2.15. The van der Waals surface area contributed by atoms with Crippen molar-refractivity contribution in [3.05, 3.63) is 35.2 Å². The molecule has 0 amide bonds. The van der Waals surface area contributed by atoms with Gasteiger partial charge in [-0.3, -0.25) is 4.79 Å². The minimum atomic E-state index is -0.0411. The first kappa shape index (κ1) is 12.8. The van der Waals surface area contributed by atoms with Gasteiger partial charge < -0.3 is 4.52 Å².